The van der Waals surface area contributed by atoms with E-state index in [4.69, 9.17) is 11.6 Å². The van der Waals surface area contributed by atoms with Gasteiger partial charge < -0.3 is 10.3 Å². The average Bonchev–Trinajstić information content (AvgIpc) is 3.66. The first kappa shape index (κ1) is 26.7. The maximum atomic E-state index is 14.2. The summed E-state index contributed by atoms with van der Waals surface area (Å²) in [7, 11) is 0. The van der Waals surface area contributed by atoms with Crippen LogP contribution in [0.15, 0.2) is 71.9 Å². The van der Waals surface area contributed by atoms with E-state index in [0.717, 1.165) is 25.0 Å². The van der Waals surface area contributed by atoms with Gasteiger partial charge in [0.1, 0.15) is 11.6 Å². The van der Waals surface area contributed by atoms with Crippen molar-refractivity contribution in [3.8, 4) is 22.3 Å². The molecule has 0 unspecified atom stereocenters. The molecule has 0 radical (unpaired) electrons. The smallest absolute Gasteiger partial charge is 0.328 e. The Morgan fingerprint density at radius 2 is 1.78 bits per heavy atom. The molecule has 2 heterocycles. The fourth-order valence-electron chi connectivity index (χ4n) is 4.69. The number of hydrogen-bond donors (Lipinski definition) is 2. The maximum Gasteiger partial charge on any atom is 0.416 e. The Bertz CT molecular complexity index is 1910. The van der Waals surface area contributed by atoms with Gasteiger partial charge >= 0.3 is 6.18 Å². The van der Waals surface area contributed by atoms with Gasteiger partial charge in [-0.05, 0) is 66.9 Å². The number of rotatable bonds is 5. The number of fused-ring (bicyclic) bond motifs is 1. The number of H-pyrrole nitrogens is 1. The summed E-state index contributed by atoms with van der Waals surface area (Å²) in [6.45, 7) is 0. The predicted octanol–water partition coefficient (Wildman–Crippen LogP) is 7.60. The molecule has 1 aliphatic rings. The van der Waals surface area contributed by atoms with Crippen LogP contribution in [0, 0.1) is 11.6 Å². The molecule has 0 atom stereocenters. The van der Waals surface area contributed by atoms with E-state index in [2.05, 4.69) is 15.4 Å². The standard InChI is InChI=1S/C29H18ClF5N4O2/c30-24-4-1-18(31)10-21(24)23-12-36-28(41)22-7-14(16-11-37-39(13-16)20-2-3-20)8-25(26(22)23)38-27(40)15-5-17(29(33,34)35)9-19(32)6-15/h1,4-13,20H,2-3H2,(H,36,41)(H,38,40). The first-order valence-electron chi connectivity index (χ1n) is 12.4. The van der Waals surface area contributed by atoms with Crippen LogP contribution in [-0.2, 0) is 6.18 Å². The van der Waals surface area contributed by atoms with E-state index in [9.17, 15) is 31.5 Å². The number of anilines is 1. The Balaban J connectivity index is 1.56. The number of carbonyl (C=O) groups excluding carboxylic acids is 1. The molecule has 1 saturated carbocycles. The normalized spacial score (nSPS) is 13.5. The van der Waals surface area contributed by atoms with Crippen LogP contribution < -0.4 is 10.9 Å². The second kappa shape index (κ2) is 9.84. The Hall–Kier alpha value is -4.51. The molecular weight excluding hydrogens is 567 g/mol. The fourth-order valence-corrected chi connectivity index (χ4v) is 4.90. The van der Waals surface area contributed by atoms with Gasteiger partial charge in [0.05, 0.1) is 28.9 Å². The molecule has 208 valence electrons. The van der Waals surface area contributed by atoms with Crippen molar-refractivity contribution in [1.29, 1.82) is 0 Å². The Labute approximate surface area is 233 Å². The van der Waals surface area contributed by atoms with Gasteiger partial charge in [-0.25, -0.2) is 8.78 Å². The molecule has 12 heteroatoms. The van der Waals surface area contributed by atoms with E-state index in [0.29, 0.717) is 23.3 Å². The highest BCUT2D eigenvalue weighted by Gasteiger charge is 2.32. The third-order valence-electron chi connectivity index (χ3n) is 6.81. The zero-order valence-corrected chi connectivity index (χ0v) is 21.6. The highest BCUT2D eigenvalue weighted by atomic mass is 35.5. The quantitative estimate of drug-likeness (QED) is 0.209. The minimum Gasteiger partial charge on any atom is -0.328 e. The SMILES string of the molecule is O=C(Nc1cc(-c2cnn(C3CC3)c2)cc2c(=O)[nH]cc(-c3cc(F)ccc3Cl)c12)c1cc(F)cc(C(F)(F)F)c1. The average molecular weight is 585 g/mol. The molecule has 5 aromatic rings. The number of halogens is 6. The zero-order chi connectivity index (χ0) is 29.1. The number of pyridine rings is 1. The van der Waals surface area contributed by atoms with Crippen LogP contribution in [0.4, 0.5) is 27.6 Å². The van der Waals surface area contributed by atoms with Crippen molar-refractivity contribution in [2.75, 3.05) is 5.32 Å². The van der Waals surface area contributed by atoms with Gasteiger partial charge in [0, 0.05) is 45.1 Å². The number of nitrogens with zero attached hydrogens (tertiary/aromatic N) is 2. The topological polar surface area (TPSA) is 79.8 Å². The third-order valence-corrected chi connectivity index (χ3v) is 7.14. The van der Waals surface area contributed by atoms with Crippen LogP contribution in [0.5, 0.6) is 0 Å². The monoisotopic (exact) mass is 584 g/mol. The molecule has 1 fully saturated rings. The molecule has 2 aromatic heterocycles. The number of amides is 1. The van der Waals surface area contributed by atoms with Crippen molar-refractivity contribution < 1.29 is 26.7 Å². The second-order valence-electron chi connectivity index (χ2n) is 9.72. The van der Waals surface area contributed by atoms with Crippen molar-refractivity contribution in [1.82, 2.24) is 14.8 Å². The van der Waals surface area contributed by atoms with Gasteiger partial charge in [0.15, 0.2) is 0 Å². The van der Waals surface area contributed by atoms with Crippen LogP contribution >= 0.6 is 11.6 Å². The minimum absolute atomic E-state index is 0.0147. The minimum atomic E-state index is -4.89. The molecule has 6 rings (SSSR count). The lowest BCUT2D eigenvalue weighted by Gasteiger charge is -2.16. The van der Waals surface area contributed by atoms with Crippen molar-refractivity contribution in [3.63, 3.8) is 0 Å². The Morgan fingerprint density at radius 3 is 2.51 bits per heavy atom. The lowest BCUT2D eigenvalue weighted by atomic mass is 9.95. The van der Waals surface area contributed by atoms with Crippen LogP contribution in [0.2, 0.25) is 5.02 Å². The summed E-state index contributed by atoms with van der Waals surface area (Å²) >= 11 is 6.36. The maximum absolute atomic E-state index is 14.2. The zero-order valence-electron chi connectivity index (χ0n) is 20.8. The predicted molar refractivity (Wildman–Crippen MR) is 144 cm³/mol. The summed E-state index contributed by atoms with van der Waals surface area (Å²) in [5.74, 6) is -2.92. The third kappa shape index (κ3) is 5.20. The van der Waals surface area contributed by atoms with Gasteiger partial charge in [-0.15, -0.1) is 0 Å². The molecule has 0 saturated heterocycles. The molecule has 0 bridgehead atoms. The number of carbonyl (C=O) groups is 1. The van der Waals surface area contributed by atoms with Crippen LogP contribution in [0.1, 0.15) is 34.8 Å². The van der Waals surface area contributed by atoms with Crippen molar-refractivity contribution >= 4 is 34.0 Å². The number of benzene rings is 3. The van der Waals surface area contributed by atoms with Crippen molar-refractivity contribution in [3.05, 3.63) is 105 Å². The number of aromatic nitrogens is 3. The molecule has 1 aliphatic carbocycles. The summed E-state index contributed by atoms with van der Waals surface area (Å²) in [6.07, 6.45) is 1.74. The summed E-state index contributed by atoms with van der Waals surface area (Å²) < 4.78 is 70.1. The number of nitrogens with one attached hydrogen (secondary N) is 2. The Kier molecular flexibility index (Phi) is 6.41. The van der Waals surface area contributed by atoms with E-state index in [1.54, 1.807) is 23.1 Å². The van der Waals surface area contributed by atoms with Crippen molar-refractivity contribution in [2.45, 2.75) is 25.1 Å². The molecule has 6 nitrogen and oxygen atoms in total. The fraction of sp³-hybridized carbons (Fsp3) is 0.138. The molecule has 0 spiro atoms. The van der Waals surface area contributed by atoms with Crippen LogP contribution in [0.3, 0.4) is 0 Å². The first-order valence-corrected chi connectivity index (χ1v) is 12.7. The van der Waals surface area contributed by atoms with Gasteiger partial charge in [0.25, 0.3) is 11.5 Å². The van der Waals surface area contributed by atoms with E-state index >= 15 is 0 Å². The highest BCUT2D eigenvalue weighted by Crippen LogP contribution is 2.40. The molecule has 0 aliphatic heterocycles. The molecule has 41 heavy (non-hydrogen) atoms. The van der Waals surface area contributed by atoms with Gasteiger partial charge in [-0.3, -0.25) is 14.3 Å². The van der Waals surface area contributed by atoms with E-state index in [1.807, 2.05) is 0 Å². The number of aromatic amines is 1. The summed E-state index contributed by atoms with van der Waals surface area (Å²) in [4.78, 5) is 28.9. The van der Waals surface area contributed by atoms with Crippen LogP contribution in [-0.4, -0.2) is 20.7 Å². The summed E-state index contributed by atoms with van der Waals surface area (Å²) in [6, 6.07) is 8.48. The van der Waals surface area contributed by atoms with E-state index < -0.39 is 40.4 Å². The lowest BCUT2D eigenvalue weighted by Crippen LogP contribution is -2.16. The van der Waals surface area contributed by atoms with Gasteiger partial charge in [-0.2, -0.15) is 18.3 Å². The van der Waals surface area contributed by atoms with E-state index in [1.165, 1.54) is 18.3 Å². The molecule has 2 N–H and O–H groups in total. The van der Waals surface area contributed by atoms with Gasteiger partial charge in [0.2, 0.25) is 0 Å². The lowest BCUT2D eigenvalue weighted by molar-refractivity contribution is -0.137. The van der Waals surface area contributed by atoms with E-state index in [-0.39, 0.29) is 44.7 Å². The van der Waals surface area contributed by atoms with Crippen molar-refractivity contribution in [2.24, 2.45) is 0 Å². The van der Waals surface area contributed by atoms with Gasteiger partial charge in [-0.1, -0.05) is 11.6 Å². The Morgan fingerprint density at radius 1 is 1.00 bits per heavy atom. The summed E-state index contributed by atoms with van der Waals surface area (Å²) in [5.41, 5.74) is -0.923. The molecular formula is C29H18ClF5N4O2. The molecule has 3 aromatic carbocycles. The largest absolute Gasteiger partial charge is 0.416 e. The second-order valence-corrected chi connectivity index (χ2v) is 10.1. The number of hydrogen-bond acceptors (Lipinski definition) is 3. The number of alkyl halides is 3. The highest BCUT2D eigenvalue weighted by molar-refractivity contribution is 6.34. The first-order chi connectivity index (χ1) is 19.5. The molecule has 1 amide bonds. The summed E-state index contributed by atoms with van der Waals surface area (Å²) in [5, 5.41) is 7.29. The van der Waals surface area contributed by atoms with Crippen LogP contribution in [0.25, 0.3) is 33.0 Å².